The molecule has 5 N–H and O–H groups in total. The number of rotatable bonds is 5. The van der Waals surface area contributed by atoms with E-state index in [-0.39, 0.29) is 12.3 Å². The van der Waals surface area contributed by atoms with E-state index in [9.17, 15) is 4.79 Å². The maximum absolute atomic E-state index is 12.0. The summed E-state index contributed by atoms with van der Waals surface area (Å²) < 4.78 is 5.19. The van der Waals surface area contributed by atoms with E-state index in [4.69, 9.17) is 16.2 Å². The summed E-state index contributed by atoms with van der Waals surface area (Å²) in [6, 6.07) is 12.0. The summed E-state index contributed by atoms with van der Waals surface area (Å²) in [5, 5.41) is 2.52. The van der Waals surface area contributed by atoms with Crippen molar-refractivity contribution in [3.05, 3.63) is 53.1 Å². The van der Waals surface area contributed by atoms with Crippen molar-refractivity contribution in [1.82, 2.24) is 5.32 Å². The van der Waals surface area contributed by atoms with E-state index in [1.54, 1.807) is 7.11 Å². The van der Waals surface area contributed by atoms with Crippen molar-refractivity contribution in [2.24, 2.45) is 11.5 Å². The predicted octanol–water partition coefficient (Wildman–Crippen LogP) is 1.84. The van der Waals surface area contributed by atoms with Crippen molar-refractivity contribution < 1.29 is 9.53 Å². The molecule has 2 rings (SSSR count). The lowest BCUT2D eigenvalue weighted by Gasteiger charge is -2.16. The summed E-state index contributed by atoms with van der Waals surface area (Å²) in [7, 11) is 1.64. The Bertz CT molecular complexity index is 694. The minimum atomic E-state index is -0.840. The van der Waals surface area contributed by atoms with Gasteiger partial charge in [-0.05, 0) is 53.8 Å². The quantitative estimate of drug-likeness (QED) is 0.735. The van der Waals surface area contributed by atoms with Gasteiger partial charge in [-0.25, -0.2) is 0 Å². The van der Waals surface area contributed by atoms with Gasteiger partial charge in [0.1, 0.15) is 12.0 Å². The third-order valence-corrected chi connectivity index (χ3v) is 3.90. The van der Waals surface area contributed by atoms with Crippen LogP contribution in [-0.2, 0) is 11.2 Å². The number of carbonyl (C=O) groups is 1. The van der Waals surface area contributed by atoms with Crippen LogP contribution in [0.4, 0.5) is 0 Å². The second kappa shape index (κ2) is 7.26. The van der Waals surface area contributed by atoms with E-state index in [1.165, 1.54) is 0 Å². The molecule has 0 aromatic heterocycles. The van der Waals surface area contributed by atoms with Crippen LogP contribution in [0, 0.1) is 13.8 Å². The molecule has 5 nitrogen and oxygen atoms in total. The van der Waals surface area contributed by atoms with Gasteiger partial charge in [0.25, 0.3) is 0 Å². The van der Waals surface area contributed by atoms with Gasteiger partial charge < -0.3 is 10.1 Å². The molecule has 122 valence electrons. The number of methoxy groups -OCH3 is 1. The fourth-order valence-corrected chi connectivity index (χ4v) is 2.65. The van der Waals surface area contributed by atoms with E-state index in [1.807, 2.05) is 44.2 Å². The summed E-state index contributed by atoms with van der Waals surface area (Å²) in [4.78, 5) is 12.0. The first kappa shape index (κ1) is 17.0. The highest BCUT2D eigenvalue weighted by Crippen LogP contribution is 2.29. The van der Waals surface area contributed by atoms with Gasteiger partial charge in [0.15, 0.2) is 0 Å². The molecule has 0 unspecified atom stereocenters. The summed E-state index contributed by atoms with van der Waals surface area (Å²) in [5.74, 6) is 0.633. The molecule has 0 atom stereocenters. The molecule has 0 fully saturated rings. The Morgan fingerprint density at radius 2 is 1.78 bits per heavy atom. The number of hydrogen-bond donors (Lipinski definition) is 3. The zero-order valence-electron chi connectivity index (χ0n) is 13.7. The minimum Gasteiger partial charge on any atom is -0.497 e. The Balaban J connectivity index is 2.35. The highest BCUT2D eigenvalue weighted by molar-refractivity contribution is 5.81. The van der Waals surface area contributed by atoms with Crippen LogP contribution in [0.5, 0.6) is 5.75 Å². The van der Waals surface area contributed by atoms with Crippen LogP contribution in [0.25, 0.3) is 11.1 Å². The van der Waals surface area contributed by atoms with Gasteiger partial charge in [0.05, 0.1) is 13.5 Å². The normalized spacial score (nSPS) is 10.7. The summed E-state index contributed by atoms with van der Waals surface area (Å²) >= 11 is 0. The first-order valence-electron chi connectivity index (χ1n) is 7.46. The Kier molecular flexibility index (Phi) is 5.36. The molecule has 0 aliphatic rings. The number of nitrogens with one attached hydrogen (secondary N) is 1. The molecule has 0 aliphatic carbocycles. The van der Waals surface area contributed by atoms with E-state index < -0.39 is 6.29 Å². The fraction of sp³-hybridized carbons (Fsp3) is 0.278. The Labute approximate surface area is 136 Å². The number of nitrogens with two attached hydrogens (primary N) is 2. The summed E-state index contributed by atoms with van der Waals surface area (Å²) in [6.07, 6.45) is -0.583. The molecular weight excluding hydrogens is 290 g/mol. The number of aryl methyl sites for hydroxylation is 1. The molecule has 2 aromatic rings. The molecule has 0 saturated heterocycles. The lowest BCUT2D eigenvalue weighted by Crippen LogP contribution is -2.48. The highest BCUT2D eigenvalue weighted by atomic mass is 16.5. The minimum absolute atomic E-state index is 0.182. The third kappa shape index (κ3) is 4.09. The van der Waals surface area contributed by atoms with Gasteiger partial charge in [0.2, 0.25) is 5.91 Å². The first-order chi connectivity index (χ1) is 10.9. The van der Waals surface area contributed by atoms with Gasteiger partial charge >= 0.3 is 0 Å². The number of hydrogen-bond acceptors (Lipinski definition) is 4. The van der Waals surface area contributed by atoms with Crippen LogP contribution in [0.15, 0.2) is 36.4 Å². The Hall–Kier alpha value is -2.37. The zero-order valence-corrected chi connectivity index (χ0v) is 13.7. The van der Waals surface area contributed by atoms with E-state index in [0.717, 1.165) is 33.6 Å². The van der Waals surface area contributed by atoms with Crippen LogP contribution in [0.2, 0.25) is 0 Å². The van der Waals surface area contributed by atoms with Crippen molar-refractivity contribution in [3.63, 3.8) is 0 Å². The lowest BCUT2D eigenvalue weighted by molar-refractivity contribution is -0.121. The standard InChI is InChI=1S/C18H23N3O2/c1-11-4-9-15(13-5-7-14(23-3)8-6-13)12(2)16(11)10-17(22)21-18(19)20/h4-9,18H,10,19-20H2,1-3H3,(H,21,22). The zero-order chi connectivity index (χ0) is 17.0. The predicted molar refractivity (Wildman–Crippen MR) is 91.9 cm³/mol. The Morgan fingerprint density at radius 1 is 1.13 bits per heavy atom. The van der Waals surface area contributed by atoms with Crippen molar-refractivity contribution in [2.75, 3.05) is 7.11 Å². The largest absolute Gasteiger partial charge is 0.497 e. The molecule has 0 bridgehead atoms. The molecule has 0 heterocycles. The van der Waals surface area contributed by atoms with Gasteiger partial charge in [-0.2, -0.15) is 0 Å². The van der Waals surface area contributed by atoms with Gasteiger partial charge in [-0.15, -0.1) is 0 Å². The lowest BCUT2D eigenvalue weighted by atomic mass is 9.91. The monoisotopic (exact) mass is 313 g/mol. The maximum atomic E-state index is 12.0. The van der Waals surface area contributed by atoms with Crippen molar-refractivity contribution in [3.8, 4) is 16.9 Å². The van der Waals surface area contributed by atoms with Crippen molar-refractivity contribution >= 4 is 5.91 Å². The summed E-state index contributed by atoms with van der Waals surface area (Å²) in [5.41, 5.74) is 16.1. The molecule has 0 aliphatic heterocycles. The molecular formula is C18H23N3O2. The molecule has 1 amide bonds. The molecule has 23 heavy (non-hydrogen) atoms. The first-order valence-corrected chi connectivity index (χ1v) is 7.46. The van der Waals surface area contributed by atoms with Crippen LogP contribution in [0.3, 0.4) is 0 Å². The van der Waals surface area contributed by atoms with Gasteiger partial charge in [-0.3, -0.25) is 16.3 Å². The van der Waals surface area contributed by atoms with Crippen LogP contribution < -0.4 is 21.5 Å². The Morgan fingerprint density at radius 3 is 2.35 bits per heavy atom. The molecule has 0 saturated carbocycles. The van der Waals surface area contributed by atoms with Crippen LogP contribution in [0.1, 0.15) is 16.7 Å². The molecule has 2 aromatic carbocycles. The number of ether oxygens (including phenoxy) is 1. The van der Waals surface area contributed by atoms with Gasteiger partial charge in [-0.1, -0.05) is 24.3 Å². The SMILES string of the molecule is COc1ccc(-c2ccc(C)c(CC(=O)NC(N)N)c2C)cc1. The van der Waals surface area contributed by atoms with E-state index in [2.05, 4.69) is 11.4 Å². The van der Waals surface area contributed by atoms with E-state index >= 15 is 0 Å². The van der Waals surface area contributed by atoms with Crippen molar-refractivity contribution in [2.45, 2.75) is 26.6 Å². The summed E-state index contributed by atoms with van der Waals surface area (Å²) in [6.45, 7) is 4.02. The second-order valence-corrected chi connectivity index (χ2v) is 5.53. The molecule has 0 radical (unpaired) electrons. The number of benzene rings is 2. The van der Waals surface area contributed by atoms with Crippen molar-refractivity contribution in [1.29, 1.82) is 0 Å². The number of amides is 1. The van der Waals surface area contributed by atoms with E-state index in [0.29, 0.717) is 0 Å². The van der Waals surface area contributed by atoms with Crippen LogP contribution >= 0.6 is 0 Å². The maximum Gasteiger partial charge on any atom is 0.226 e. The highest BCUT2D eigenvalue weighted by Gasteiger charge is 2.13. The van der Waals surface area contributed by atoms with Crippen LogP contribution in [-0.4, -0.2) is 19.3 Å². The second-order valence-electron chi connectivity index (χ2n) is 5.53. The third-order valence-electron chi connectivity index (χ3n) is 3.90. The fourth-order valence-electron chi connectivity index (χ4n) is 2.65. The average Bonchev–Trinajstić information content (AvgIpc) is 2.51. The van der Waals surface area contributed by atoms with Gasteiger partial charge in [0, 0.05) is 0 Å². The molecule has 5 heteroatoms. The number of carbonyl (C=O) groups excluding carboxylic acids is 1. The topological polar surface area (TPSA) is 90.4 Å². The smallest absolute Gasteiger partial charge is 0.226 e. The average molecular weight is 313 g/mol. The molecule has 0 spiro atoms.